The fourth-order valence-electron chi connectivity index (χ4n) is 3.80. The Balaban J connectivity index is 2.19. The molecular formula is C31H46O4. The van der Waals surface area contributed by atoms with Crippen LogP contribution in [0.25, 0.3) is 0 Å². The van der Waals surface area contributed by atoms with Crippen molar-refractivity contribution in [3.63, 3.8) is 0 Å². The van der Waals surface area contributed by atoms with Crippen molar-refractivity contribution in [1.82, 2.24) is 0 Å². The summed E-state index contributed by atoms with van der Waals surface area (Å²) in [5, 5.41) is 20.4. The number of aliphatic hydroxyl groups excluding tert-OH is 2. The molecule has 1 heterocycles. The highest BCUT2D eigenvalue weighted by molar-refractivity contribution is 5.84. The quantitative estimate of drug-likeness (QED) is 0.140. The van der Waals surface area contributed by atoms with Crippen molar-refractivity contribution < 1.29 is 19.7 Å². The molecule has 0 aromatic heterocycles. The van der Waals surface area contributed by atoms with Crippen LogP contribution in [0.3, 0.4) is 0 Å². The fraction of sp³-hybridized carbons (Fsp3) is 0.516. The van der Waals surface area contributed by atoms with E-state index in [2.05, 4.69) is 25.7 Å². The molecule has 35 heavy (non-hydrogen) atoms. The Morgan fingerprint density at radius 3 is 2.57 bits per heavy atom. The zero-order chi connectivity index (χ0) is 26.1. The largest absolute Gasteiger partial charge is 0.458 e. The van der Waals surface area contributed by atoms with Gasteiger partial charge >= 0.3 is 5.97 Å². The summed E-state index contributed by atoms with van der Waals surface area (Å²) in [4.78, 5) is 11.5. The summed E-state index contributed by atoms with van der Waals surface area (Å²) >= 11 is 0. The SMILES string of the molecule is C=C/C=C(\C)CCC(O)C/C=C\C=C(/C)C(O)CCCC/C=C\C=C/C[C@@H]1OC(=O)C=C(C)[C@@H]1C. The van der Waals surface area contributed by atoms with Gasteiger partial charge in [0.15, 0.2) is 0 Å². The molecule has 4 nitrogen and oxygen atoms in total. The van der Waals surface area contributed by atoms with E-state index >= 15 is 0 Å². The van der Waals surface area contributed by atoms with Crippen LogP contribution < -0.4 is 0 Å². The number of esters is 1. The number of hydrogen-bond donors (Lipinski definition) is 2. The maximum Gasteiger partial charge on any atom is 0.331 e. The second-order valence-electron chi connectivity index (χ2n) is 9.56. The lowest BCUT2D eigenvalue weighted by molar-refractivity contribution is -0.146. The minimum atomic E-state index is -0.433. The number of hydrogen-bond acceptors (Lipinski definition) is 4. The van der Waals surface area contributed by atoms with E-state index in [4.69, 9.17) is 4.74 Å². The predicted octanol–water partition coefficient (Wildman–Crippen LogP) is 7.08. The van der Waals surface area contributed by atoms with Crippen LogP contribution in [0.15, 0.2) is 84.1 Å². The summed E-state index contributed by atoms with van der Waals surface area (Å²) in [7, 11) is 0. The van der Waals surface area contributed by atoms with Crippen molar-refractivity contribution in [1.29, 1.82) is 0 Å². The van der Waals surface area contributed by atoms with Crippen LogP contribution in [0.2, 0.25) is 0 Å². The summed E-state index contributed by atoms with van der Waals surface area (Å²) in [6, 6.07) is 0. The molecule has 1 aliphatic rings. The summed E-state index contributed by atoms with van der Waals surface area (Å²) in [6.07, 6.45) is 25.2. The molecule has 0 aromatic carbocycles. The first-order valence-electron chi connectivity index (χ1n) is 12.9. The monoisotopic (exact) mass is 482 g/mol. The molecule has 0 aliphatic carbocycles. The molecule has 0 aromatic rings. The first-order chi connectivity index (χ1) is 16.7. The van der Waals surface area contributed by atoms with E-state index in [1.54, 1.807) is 12.2 Å². The van der Waals surface area contributed by atoms with Crippen molar-refractivity contribution >= 4 is 5.97 Å². The minimum absolute atomic E-state index is 0.0797. The standard InChI is InChI=1S/C31H46O4/c1-6-16-24(2)21-22-28(32)18-15-14-17-25(3)29(33)19-12-10-8-7-9-11-13-20-30-27(5)26(4)23-31(34)35-30/h6-7,9,11,13-17,23,27-30,32-33H,1,8,10,12,18-22H2,2-5H3/b9-7-,13-11-,15-14-,24-16+,25-17+/t27-,28?,29?,30-/m0/s1. The second-order valence-corrected chi connectivity index (χ2v) is 9.56. The summed E-state index contributed by atoms with van der Waals surface area (Å²) in [5.41, 5.74) is 3.25. The van der Waals surface area contributed by atoms with Gasteiger partial charge in [0, 0.05) is 18.4 Å². The van der Waals surface area contributed by atoms with E-state index in [-0.39, 0.29) is 24.1 Å². The van der Waals surface area contributed by atoms with Gasteiger partial charge in [-0.3, -0.25) is 0 Å². The molecular weight excluding hydrogens is 436 g/mol. The van der Waals surface area contributed by atoms with Crippen LogP contribution in [-0.2, 0) is 9.53 Å². The molecule has 194 valence electrons. The van der Waals surface area contributed by atoms with Crippen LogP contribution >= 0.6 is 0 Å². The fourth-order valence-corrected chi connectivity index (χ4v) is 3.80. The average molecular weight is 483 g/mol. The van der Waals surface area contributed by atoms with E-state index in [0.29, 0.717) is 6.42 Å². The van der Waals surface area contributed by atoms with Crippen LogP contribution in [-0.4, -0.2) is 34.5 Å². The van der Waals surface area contributed by atoms with Gasteiger partial charge in [-0.25, -0.2) is 4.79 Å². The van der Waals surface area contributed by atoms with Crippen molar-refractivity contribution in [3.05, 3.63) is 84.1 Å². The molecule has 4 heteroatoms. The maximum atomic E-state index is 11.5. The van der Waals surface area contributed by atoms with Crippen molar-refractivity contribution in [2.24, 2.45) is 5.92 Å². The highest BCUT2D eigenvalue weighted by atomic mass is 16.5. The van der Waals surface area contributed by atoms with Crippen LogP contribution in [0.5, 0.6) is 0 Å². The van der Waals surface area contributed by atoms with Crippen LogP contribution in [0.1, 0.15) is 79.1 Å². The number of aliphatic hydroxyl groups is 2. The second kappa shape index (κ2) is 17.9. The number of carbonyl (C=O) groups excluding carboxylic acids is 1. The number of ether oxygens (including phenoxy) is 1. The molecule has 2 unspecified atom stereocenters. The number of unbranched alkanes of at least 4 members (excludes halogenated alkanes) is 2. The summed E-state index contributed by atoms with van der Waals surface area (Å²) in [5.74, 6) is 0.0156. The lowest BCUT2D eigenvalue weighted by Crippen LogP contribution is -2.29. The zero-order valence-electron chi connectivity index (χ0n) is 22.2. The van der Waals surface area contributed by atoms with Crippen molar-refractivity contribution in [2.45, 2.75) is 97.4 Å². The van der Waals surface area contributed by atoms with Gasteiger partial charge in [0.1, 0.15) is 6.10 Å². The molecule has 0 saturated carbocycles. The molecule has 0 radical (unpaired) electrons. The first kappa shape index (κ1) is 30.6. The molecule has 0 fully saturated rings. The Bertz CT molecular complexity index is 825. The molecule has 1 rings (SSSR count). The van der Waals surface area contributed by atoms with Crippen LogP contribution in [0, 0.1) is 5.92 Å². The third-order valence-corrected chi connectivity index (χ3v) is 6.44. The average Bonchev–Trinajstić information content (AvgIpc) is 2.82. The van der Waals surface area contributed by atoms with Gasteiger partial charge in [-0.1, -0.05) is 85.8 Å². The Morgan fingerprint density at radius 2 is 1.83 bits per heavy atom. The van der Waals surface area contributed by atoms with Gasteiger partial charge in [0.25, 0.3) is 0 Å². The van der Waals surface area contributed by atoms with E-state index in [1.807, 2.05) is 57.2 Å². The first-order valence-corrected chi connectivity index (χ1v) is 12.9. The molecule has 0 spiro atoms. The lowest BCUT2D eigenvalue weighted by atomic mass is 9.92. The van der Waals surface area contributed by atoms with Gasteiger partial charge in [0.05, 0.1) is 12.2 Å². The number of carbonyl (C=O) groups is 1. The Kier molecular flexibility index (Phi) is 15.7. The molecule has 0 saturated heterocycles. The maximum absolute atomic E-state index is 11.5. The lowest BCUT2D eigenvalue weighted by Gasteiger charge is -2.27. The number of allylic oxidation sites excluding steroid dienone is 8. The third-order valence-electron chi connectivity index (χ3n) is 6.44. The van der Waals surface area contributed by atoms with E-state index < -0.39 is 6.10 Å². The third kappa shape index (κ3) is 13.9. The Hall–Kier alpha value is -2.43. The highest BCUT2D eigenvalue weighted by Gasteiger charge is 2.25. The number of cyclic esters (lactones) is 1. The minimum Gasteiger partial charge on any atom is -0.458 e. The Labute approximate surface area is 213 Å². The van der Waals surface area contributed by atoms with Gasteiger partial charge in [-0.2, -0.15) is 0 Å². The highest BCUT2D eigenvalue weighted by Crippen LogP contribution is 2.24. The summed E-state index contributed by atoms with van der Waals surface area (Å²) < 4.78 is 5.40. The van der Waals surface area contributed by atoms with Crippen molar-refractivity contribution in [2.75, 3.05) is 0 Å². The number of rotatable bonds is 16. The van der Waals surface area contributed by atoms with Crippen molar-refractivity contribution in [3.8, 4) is 0 Å². The topological polar surface area (TPSA) is 66.8 Å². The smallest absolute Gasteiger partial charge is 0.331 e. The van der Waals surface area contributed by atoms with Gasteiger partial charge in [-0.05, 0) is 64.9 Å². The predicted molar refractivity (Wildman–Crippen MR) is 147 cm³/mol. The summed E-state index contributed by atoms with van der Waals surface area (Å²) in [6.45, 7) is 11.7. The molecule has 1 aliphatic heterocycles. The van der Waals surface area contributed by atoms with E-state index in [0.717, 1.165) is 56.1 Å². The Morgan fingerprint density at radius 1 is 1.09 bits per heavy atom. The van der Waals surface area contributed by atoms with Gasteiger partial charge in [-0.15, -0.1) is 0 Å². The molecule has 2 N–H and O–H groups in total. The molecule has 4 atom stereocenters. The molecule has 0 amide bonds. The van der Waals surface area contributed by atoms with Crippen LogP contribution in [0.4, 0.5) is 0 Å². The van der Waals surface area contributed by atoms with Gasteiger partial charge in [0.2, 0.25) is 0 Å². The normalized spacial score (nSPS) is 21.5. The van der Waals surface area contributed by atoms with E-state index in [9.17, 15) is 15.0 Å². The zero-order valence-corrected chi connectivity index (χ0v) is 22.2. The van der Waals surface area contributed by atoms with E-state index in [1.165, 1.54) is 5.57 Å². The molecule has 0 bridgehead atoms. The van der Waals surface area contributed by atoms with Gasteiger partial charge < -0.3 is 14.9 Å².